The molecule has 9 nitrogen and oxygen atoms in total. The van der Waals surface area contributed by atoms with Crippen LogP contribution in [0.4, 0.5) is 0 Å². The van der Waals surface area contributed by atoms with Crippen LogP contribution < -0.4 is 0 Å². The van der Waals surface area contributed by atoms with E-state index >= 15 is 0 Å². The first-order valence-corrected chi connectivity index (χ1v) is 19.7. The van der Waals surface area contributed by atoms with Crippen molar-refractivity contribution < 1.29 is 43.0 Å². The van der Waals surface area contributed by atoms with Gasteiger partial charge >= 0.3 is 13.8 Å². The van der Waals surface area contributed by atoms with Crippen LogP contribution >= 0.6 is 7.82 Å². The van der Waals surface area contributed by atoms with E-state index in [2.05, 4.69) is 26.0 Å². The number of phosphoric acid groups is 1. The monoisotopic (exact) mass is 664 g/mol. The number of unbranched alkanes of at least 4 members (excludes halogenated alkanes) is 19. The van der Waals surface area contributed by atoms with Crippen LogP contribution in [0.5, 0.6) is 0 Å². The van der Waals surface area contributed by atoms with Crippen LogP contribution in [0, 0.1) is 0 Å². The maximum absolute atomic E-state index is 12.5. The molecular weight excluding hydrogens is 595 g/mol. The summed E-state index contributed by atoms with van der Waals surface area (Å²) in [6.07, 6.45) is 28.8. The Balaban J connectivity index is 4.24. The summed E-state index contributed by atoms with van der Waals surface area (Å²) in [6.45, 7) is 3.45. The Kier molecular flexibility index (Phi) is 32.5. The molecule has 0 aromatic carbocycles. The molecule has 0 bridgehead atoms. The summed E-state index contributed by atoms with van der Waals surface area (Å²) in [4.78, 5) is 22.4. The molecule has 0 heterocycles. The zero-order valence-corrected chi connectivity index (χ0v) is 29.7. The molecular formula is C35H69O9P. The number of hydrogen-bond acceptors (Lipinski definition) is 8. The topological polar surface area (TPSA) is 132 Å². The van der Waals surface area contributed by atoms with E-state index in [9.17, 15) is 19.4 Å². The van der Waals surface area contributed by atoms with Crippen molar-refractivity contribution in [2.24, 2.45) is 0 Å². The molecule has 0 aliphatic carbocycles. The fourth-order valence-electron chi connectivity index (χ4n) is 4.89. The van der Waals surface area contributed by atoms with Crippen molar-refractivity contribution in [3.05, 3.63) is 12.2 Å². The smallest absolute Gasteiger partial charge is 0.457 e. The summed E-state index contributed by atoms with van der Waals surface area (Å²) in [6, 6.07) is 0. The van der Waals surface area contributed by atoms with Crippen LogP contribution in [0.25, 0.3) is 0 Å². The van der Waals surface area contributed by atoms with Gasteiger partial charge in [-0.1, -0.05) is 135 Å². The fraction of sp³-hybridized carbons (Fsp3) is 0.914. The molecule has 0 aliphatic heterocycles. The molecule has 268 valence electrons. The molecule has 0 spiro atoms. The number of aliphatic hydroxyl groups is 2. The first kappa shape index (κ1) is 44.2. The Bertz CT molecular complexity index is 719. The van der Waals surface area contributed by atoms with E-state index in [1.165, 1.54) is 89.9 Å². The first-order chi connectivity index (χ1) is 21.8. The molecule has 0 aromatic heterocycles. The largest absolute Gasteiger partial charge is 0.472 e. The van der Waals surface area contributed by atoms with Crippen molar-refractivity contribution in [3.63, 3.8) is 0 Å². The van der Waals surface area contributed by atoms with Gasteiger partial charge in [-0.3, -0.25) is 13.8 Å². The minimum atomic E-state index is -4.50. The van der Waals surface area contributed by atoms with Gasteiger partial charge in [-0.25, -0.2) is 4.57 Å². The van der Waals surface area contributed by atoms with Gasteiger partial charge in [0.2, 0.25) is 0 Å². The maximum atomic E-state index is 12.5. The standard InChI is InChI=1S/C35H69O9P/c1-3-5-7-9-11-13-15-16-17-19-21-23-25-27-35(38)44-34(32-43-45(39,40)42-30-33(37)29-36)31-41-28-26-24-22-20-18-14-12-10-8-6-4-2/h8,10,33-34,36-37H,3-7,9,11-32H2,1-2H3,(H,39,40)/b10-8-. The van der Waals surface area contributed by atoms with Gasteiger partial charge in [-0.05, 0) is 32.1 Å². The van der Waals surface area contributed by atoms with E-state index < -0.39 is 33.2 Å². The Hall–Kier alpha value is -0.800. The number of carbonyl (C=O) groups excluding carboxylic acids is 1. The molecule has 0 aliphatic rings. The Morgan fingerprint density at radius 2 is 1.18 bits per heavy atom. The molecule has 3 unspecified atom stereocenters. The van der Waals surface area contributed by atoms with Gasteiger partial charge in [-0.15, -0.1) is 0 Å². The molecule has 3 N–H and O–H groups in total. The number of aliphatic hydroxyl groups excluding tert-OH is 2. The number of hydrogen-bond donors (Lipinski definition) is 3. The number of carbonyl (C=O) groups is 1. The summed E-state index contributed by atoms with van der Waals surface area (Å²) in [5.74, 6) is -0.385. The number of allylic oxidation sites excluding steroid dienone is 2. The van der Waals surface area contributed by atoms with Crippen molar-refractivity contribution in [2.45, 2.75) is 174 Å². The highest BCUT2D eigenvalue weighted by atomic mass is 31.2. The Labute approximate surface area is 275 Å². The maximum Gasteiger partial charge on any atom is 0.472 e. The second-order valence-electron chi connectivity index (χ2n) is 12.2. The van der Waals surface area contributed by atoms with Crippen LogP contribution in [0.3, 0.4) is 0 Å². The highest BCUT2D eigenvalue weighted by molar-refractivity contribution is 7.47. The van der Waals surface area contributed by atoms with Gasteiger partial charge in [0.25, 0.3) is 0 Å². The zero-order chi connectivity index (χ0) is 33.3. The lowest BCUT2D eigenvalue weighted by atomic mass is 10.0. The quantitative estimate of drug-likeness (QED) is 0.0263. The number of ether oxygens (including phenoxy) is 2. The third-order valence-electron chi connectivity index (χ3n) is 7.68. The van der Waals surface area contributed by atoms with Crippen molar-refractivity contribution in [1.82, 2.24) is 0 Å². The molecule has 3 atom stereocenters. The SMILES string of the molecule is CCC/C=C\CCCCCCCCOCC(COP(=O)(O)OCC(O)CO)OC(=O)CCCCCCCCCCCCCCC. The number of rotatable bonds is 35. The molecule has 0 rings (SSSR count). The summed E-state index contributed by atoms with van der Waals surface area (Å²) >= 11 is 0. The molecule has 0 amide bonds. The molecule has 0 fully saturated rings. The predicted octanol–water partition coefficient (Wildman–Crippen LogP) is 8.97. The highest BCUT2D eigenvalue weighted by Gasteiger charge is 2.26. The van der Waals surface area contributed by atoms with E-state index in [0.29, 0.717) is 6.61 Å². The van der Waals surface area contributed by atoms with Gasteiger partial charge in [0.15, 0.2) is 0 Å². The average molecular weight is 665 g/mol. The highest BCUT2D eigenvalue weighted by Crippen LogP contribution is 2.43. The van der Waals surface area contributed by atoms with Gasteiger partial charge in [0, 0.05) is 13.0 Å². The van der Waals surface area contributed by atoms with Gasteiger partial charge in [0.1, 0.15) is 12.2 Å². The molecule has 0 saturated heterocycles. The number of esters is 1. The third kappa shape index (κ3) is 32.9. The van der Waals surface area contributed by atoms with Crippen LogP contribution in [-0.4, -0.2) is 66.3 Å². The van der Waals surface area contributed by atoms with E-state index in [-0.39, 0.29) is 25.6 Å². The molecule has 10 heteroatoms. The van der Waals surface area contributed by atoms with Crippen LogP contribution in [0.15, 0.2) is 12.2 Å². The minimum Gasteiger partial charge on any atom is -0.457 e. The number of phosphoric ester groups is 1. The zero-order valence-electron chi connectivity index (χ0n) is 28.8. The van der Waals surface area contributed by atoms with Gasteiger partial charge in [0.05, 0.1) is 26.4 Å². The second-order valence-corrected chi connectivity index (χ2v) is 13.7. The van der Waals surface area contributed by atoms with E-state index in [1.807, 2.05) is 0 Å². The summed E-state index contributed by atoms with van der Waals surface area (Å²) in [7, 11) is -4.50. The van der Waals surface area contributed by atoms with E-state index in [4.69, 9.17) is 23.6 Å². The lowest BCUT2D eigenvalue weighted by molar-refractivity contribution is -0.154. The minimum absolute atomic E-state index is 0.0493. The van der Waals surface area contributed by atoms with Gasteiger partial charge in [-0.2, -0.15) is 0 Å². The molecule has 0 aromatic rings. The predicted molar refractivity (Wildman–Crippen MR) is 182 cm³/mol. The Morgan fingerprint density at radius 3 is 1.76 bits per heavy atom. The summed E-state index contributed by atoms with van der Waals surface area (Å²) in [5, 5.41) is 18.2. The third-order valence-corrected chi connectivity index (χ3v) is 8.63. The second kappa shape index (κ2) is 33.1. The van der Waals surface area contributed by atoms with Crippen LogP contribution in [0.2, 0.25) is 0 Å². The van der Waals surface area contributed by atoms with Crippen LogP contribution in [-0.2, 0) is 27.9 Å². The van der Waals surface area contributed by atoms with Crippen molar-refractivity contribution >= 4 is 13.8 Å². The van der Waals surface area contributed by atoms with Gasteiger partial charge < -0.3 is 24.6 Å². The van der Waals surface area contributed by atoms with E-state index in [0.717, 1.165) is 51.4 Å². The van der Waals surface area contributed by atoms with Crippen molar-refractivity contribution in [1.29, 1.82) is 0 Å². The lowest BCUT2D eigenvalue weighted by Gasteiger charge is -2.20. The first-order valence-electron chi connectivity index (χ1n) is 18.2. The normalized spacial score (nSPS) is 14.5. The summed E-state index contributed by atoms with van der Waals surface area (Å²) in [5.41, 5.74) is 0. The average Bonchev–Trinajstić information content (AvgIpc) is 3.03. The van der Waals surface area contributed by atoms with Crippen LogP contribution in [0.1, 0.15) is 162 Å². The Morgan fingerprint density at radius 1 is 0.667 bits per heavy atom. The lowest BCUT2D eigenvalue weighted by Crippen LogP contribution is -2.29. The van der Waals surface area contributed by atoms with E-state index in [1.54, 1.807) is 0 Å². The summed E-state index contributed by atoms with van der Waals surface area (Å²) < 4.78 is 33.1. The molecule has 0 saturated carbocycles. The molecule has 45 heavy (non-hydrogen) atoms. The molecule has 0 radical (unpaired) electrons. The van der Waals surface area contributed by atoms with Crippen molar-refractivity contribution in [2.75, 3.05) is 33.0 Å². The van der Waals surface area contributed by atoms with Crippen molar-refractivity contribution in [3.8, 4) is 0 Å². The fourth-order valence-corrected chi connectivity index (χ4v) is 5.68.